The largest absolute Gasteiger partial charge is 0.347 e. The van der Waals surface area contributed by atoms with E-state index in [0.29, 0.717) is 22.0 Å². The van der Waals surface area contributed by atoms with Gasteiger partial charge >= 0.3 is 0 Å². The van der Waals surface area contributed by atoms with Crippen LogP contribution in [0.3, 0.4) is 0 Å². The van der Waals surface area contributed by atoms with E-state index < -0.39 is 15.4 Å². The lowest BCUT2D eigenvalue weighted by Gasteiger charge is -2.16. The molecule has 0 bridgehead atoms. The molecule has 9 heteroatoms. The van der Waals surface area contributed by atoms with Crippen LogP contribution in [0.1, 0.15) is 61.0 Å². The van der Waals surface area contributed by atoms with Crippen molar-refractivity contribution in [3.8, 4) is 0 Å². The molecule has 0 unspecified atom stereocenters. The molecule has 0 aliphatic rings. The third-order valence-electron chi connectivity index (χ3n) is 4.29. The van der Waals surface area contributed by atoms with Gasteiger partial charge in [-0.1, -0.05) is 45.0 Å². The molecule has 2 amide bonds. The van der Waals surface area contributed by atoms with Crippen molar-refractivity contribution in [3.05, 3.63) is 51.9 Å². The monoisotopic (exact) mass is 465 g/mol. The van der Waals surface area contributed by atoms with E-state index in [1.807, 2.05) is 27.7 Å². The standard InChI is InChI=1S/C22H31N3O4S2/c1-14(2)25-31(28,29)13-17-9-7-16(8-10-17)12-23-20(26)19-15(3)11-18(30-19)24-21(27)22(4,5)6/h7-11,14,25H,12-13H2,1-6H3,(H,23,26)(H,24,27). The van der Waals surface area contributed by atoms with Gasteiger partial charge in [0.1, 0.15) is 0 Å². The average molecular weight is 466 g/mol. The molecular weight excluding hydrogens is 434 g/mol. The summed E-state index contributed by atoms with van der Waals surface area (Å²) in [6.07, 6.45) is 0. The van der Waals surface area contributed by atoms with Crippen LogP contribution >= 0.6 is 11.3 Å². The van der Waals surface area contributed by atoms with Crippen molar-refractivity contribution in [2.45, 2.75) is 59.9 Å². The minimum Gasteiger partial charge on any atom is -0.347 e. The van der Waals surface area contributed by atoms with Crippen LogP contribution in [-0.2, 0) is 27.1 Å². The highest BCUT2D eigenvalue weighted by molar-refractivity contribution is 7.88. The van der Waals surface area contributed by atoms with Gasteiger partial charge in [0.15, 0.2) is 0 Å². The second kappa shape index (κ2) is 9.93. The number of benzene rings is 1. The van der Waals surface area contributed by atoms with Gasteiger partial charge in [-0.25, -0.2) is 13.1 Å². The van der Waals surface area contributed by atoms with E-state index in [1.54, 1.807) is 44.2 Å². The molecule has 170 valence electrons. The summed E-state index contributed by atoms with van der Waals surface area (Å²) in [6.45, 7) is 11.2. The zero-order valence-electron chi connectivity index (χ0n) is 18.8. The van der Waals surface area contributed by atoms with Crippen molar-refractivity contribution in [2.24, 2.45) is 5.41 Å². The molecule has 2 aromatic rings. The van der Waals surface area contributed by atoms with Crippen LogP contribution < -0.4 is 15.4 Å². The zero-order valence-corrected chi connectivity index (χ0v) is 20.5. The molecule has 0 fully saturated rings. The Labute approximate surface area is 188 Å². The molecule has 1 heterocycles. The van der Waals surface area contributed by atoms with Crippen LogP contribution in [0.15, 0.2) is 30.3 Å². The maximum Gasteiger partial charge on any atom is 0.261 e. The zero-order chi connectivity index (χ0) is 23.4. The summed E-state index contributed by atoms with van der Waals surface area (Å²) in [4.78, 5) is 25.3. The van der Waals surface area contributed by atoms with E-state index in [-0.39, 0.29) is 23.6 Å². The molecule has 0 aliphatic carbocycles. The quantitative estimate of drug-likeness (QED) is 0.551. The topological polar surface area (TPSA) is 104 Å². The lowest BCUT2D eigenvalue weighted by atomic mass is 9.96. The smallest absolute Gasteiger partial charge is 0.261 e. The first kappa shape index (κ1) is 25.0. The Morgan fingerprint density at radius 2 is 1.65 bits per heavy atom. The van der Waals surface area contributed by atoms with E-state index in [1.165, 1.54) is 11.3 Å². The lowest BCUT2D eigenvalue weighted by Crippen LogP contribution is -2.31. The van der Waals surface area contributed by atoms with E-state index in [2.05, 4.69) is 15.4 Å². The molecule has 2 rings (SSSR count). The molecule has 3 N–H and O–H groups in total. The Morgan fingerprint density at radius 3 is 2.19 bits per heavy atom. The molecule has 0 aliphatic heterocycles. The van der Waals surface area contributed by atoms with Crippen LogP contribution in [0.5, 0.6) is 0 Å². The predicted octanol–water partition coefficient (Wildman–Crippen LogP) is 3.80. The molecule has 7 nitrogen and oxygen atoms in total. The fraction of sp³-hybridized carbons (Fsp3) is 0.455. The third-order valence-corrected chi connectivity index (χ3v) is 6.99. The lowest BCUT2D eigenvalue weighted by molar-refractivity contribution is -0.123. The number of hydrogen-bond donors (Lipinski definition) is 3. The highest BCUT2D eigenvalue weighted by atomic mass is 32.2. The number of amides is 2. The molecule has 0 saturated heterocycles. The van der Waals surface area contributed by atoms with Gasteiger partial charge in [-0.15, -0.1) is 11.3 Å². The minimum absolute atomic E-state index is 0.0880. The Bertz CT molecular complexity index is 1030. The van der Waals surface area contributed by atoms with E-state index in [4.69, 9.17) is 0 Å². The van der Waals surface area contributed by atoms with E-state index in [0.717, 1.165) is 11.1 Å². The maximum absolute atomic E-state index is 12.6. The number of carbonyl (C=O) groups excluding carboxylic acids is 2. The Balaban J connectivity index is 1.96. The first-order valence-electron chi connectivity index (χ1n) is 10.0. The summed E-state index contributed by atoms with van der Waals surface area (Å²) >= 11 is 1.24. The molecular formula is C22H31N3O4S2. The summed E-state index contributed by atoms with van der Waals surface area (Å²) in [5, 5.41) is 6.37. The first-order valence-corrected chi connectivity index (χ1v) is 12.5. The third kappa shape index (κ3) is 7.75. The normalized spacial score (nSPS) is 12.1. The average Bonchev–Trinajstić information content (AvgIpc) is 2.99. The molecule has 1 aromatic heterocycles. The second-order valence-corrected chi connectivity index (χ2v) is 11.7. The summed E-state index contributed by atoms with van der Waals surface area (Å²) < 4.78 is 26.6. The second-order valence-electron chi connectivity index (χ2n) is 8.86. The summed E-state index contributed by atoms with van der Waals surface area (Å²) in [5.74, 6) is -0.409. The van der Waals surface area contributed by atoms with Crippen molar-refractivity contribution < 1.29 is 18.0 Å². The van der Waals surface area contributed by atoms with Crippen LogP contribution in [0.2, 0.25) is 0 Å². The van der Waals surface area contributed by atoms with Gasteiger partial charge in [0.25, 0.3) is 5.91 Å². The number of hydrogen-bond acceptors (Lipinski definition) is 5. The molecule has 31 heavy (non-hydrogen) atoms. The number of rotatable bonds is 8. The first-order chi connectivity index (χ1) is 14.3. The number of aryl methyl sites for hydroxylation is 1. The van der Waals surface area contributed by atoms with E-state index in [9.17, 15) is 18.0 Å². The van der Waals surface area contributed by atoms with Gasteiger partial charge in [-0.05, 0) is 43.5 Å². The van der Waals surface area contributed by atoms with Crippen LogP contribution in [-0.4, -0.2) is 26.3 Å². The molecule has 0 radical (unpaired) electrons. The Kier molecular flexibility index (Phi) is 8.02. The summed E-state index contributed by atoms with van der Waals surface area (Å²) in [7, 11) is -3.38. The Morgan fingerprint density at radius 1 is 1.06 bits per heavy atom. The Hall–Kier alpha value is -2.23. The summed E-state index contributed by atoms with van der Waals surface area (Å²) in [5.41, 5.74) is 1.82. The van der Waals surface area contributed by atoms with Crippen molar-refractivity contribution in [1.29, 1.82) is 0 Å². The molecule has 1 aromatic carbocycles. The van der Waals surface area contributed by atoms with Gasteiger partial charge in [0, 0.05) is 18.0 Å². The van der Waals surface area contributed by atoms with Crippen molar-refractivity contribution in [1.82, 2.24) is 10.0 Å². The van der Waals surface area contributed by atoms with Gasteiger partial charge in [-0.2, -0.15) is 0 Å². The van der Waals surface area contributed by atoms with Gasteiger partial charge in [-0.3, -0.25) is 9.59 Å². The van der Waals surface area contributed by atoms with Crippen molar-refractivity contribution >= 4 is 38.2 Å². The van der Waals surface area contributed by atoms with Gasteiger partial charge in [0.2, 0.25) is 15.9 Å². The van der Waals surface area contributed by atoms with E-state index >= 15 is 0 Å². The van der Waals surface area contributed by atoms with Crippen LogP contribution in [0.25, 0.3) is 0 Å². The highest BCUT2D eigenvalue weighted by Crippen LogP contribution is 2.28. The summed E-state index contributed by atoms with van der Waals surface area (Å²) in [6, 6.07) is 8.74. The van der Waals surface area contributed by atoms with Gasteiger partial charge in [0.05, 0.1) is 15.6 Å². The molecule has 0 spiro atoms. The SMILES string of the molecule is Cc1cc(NC(=O)C(C)(C)C)sc1C(=O)NCc1ccc(CS(=O)(=O)NC(C)C)cc1. The minimum atomic E-state index is -3.38. The fourth-order valence-electron chi connectivity index (χ4n) is 2.70. The van der Waals surface area contributed by atoms with Crippen molar-refractivity contribution in [2.75, 3.05) is 5.32 Å². The maximum atomic E-state index is 12.6. The van der Waals surface area contributed by atoms with Crippen molar-refractivity contribution in [3.63, 3.8) is 0 Å². The predicted molar refractivity (Wildman–Crippen MR) is 126 cm³/mol. The van der Waals surface area contributed by atoms with Gasteiger partial charge < -0.3 is 10.6 Å². The number of nitrogens with one attached hydrogen (secondary N) is 3. The highest BCUT2D eigenvalue weighted by Gasteiger charge is 2.23. The molecule has 0 atom stereocenters. The number of anilines is 1. The molecule has 0 saturated carbocycles. The van der Waals surface area contributed by atoms with Crippen LogP contribution in [0.4, 0.5) is 5.00 Å². The van der Waals surface area contributed by atoms with Crippen LogP contribution in [0, 0.1) is 12.3 Å². The number of carbonyl (C=O) groups is 2. The number of thiophene rings is 1. The fourth-order valence-corrected chi connectivity index (χ4v) is 5.12. The number of sulfonamides is 1.